The minimum absolute atomic E-state index is 0.0991. The van der Waals surface area contributed by atoms with Crippen LogP contribution in [0.25, 0.3) is 0 Å². The highest BCUT2D eigenvalue weighted by Gasteiger charge is 2.31. The number of carbonyl (C=O) groups excluding carboxylic acids is 1. The normalized spacial score (nSPS) is 19.9. The molecule has 0 radical (unpaired) electrons. The maximum Gasteiger partial charge on any atom is 0.416 e. The van der Waals surface area contributed by atoms with Crippen molar-refractivity contribution in [1.82, 2.24) is 0 Å². The van der Waals surface area contributed by atoms with E-state index in [2.05, 4.69) is 0 Å². The monoisotopic (exact) mass is 286 g/mol. The molecule has 2 rings (SSSR count). The van der Waals surface area contributed by atoms with Gasteiger partial charge in [-0.2, -0.15) is 13.2 Å². The maximum absolute atomic E-state index is 12.6. The van der Waals surface area contributed by atoms with Crippen molar-refractivity contribution in [3.05, 3.63) is 34.9 Å². The molecule has 1 aromatic carbocycles. The predicted molar refractivity (Wildman–Crippen MR) is 68.7 cm³/mol. The third-order valence-electron chi connectivity index (χ3n) is 3.54. The summed E-state index contributed by atoms with van der Waals surface area (Å²) in [5, 5.41) is 0. The summed E-state index contributed by atoms with van der Waals surface area (Å²) in [6.45, 7) is 2.19. The Hall–Kier alpha value is -1.36. The Kier molecular flexibility index (Phi) is 4.48. The Labute approximate surface area is 115 Å². The third-order valence-corrected chi connectivity index (χ3v) is 3.54. The second kappa shape index (κ2) is 5.95. The van der Waals surface area contributed by atoms with E-state index >= 15 is 0 Å². The minimum Gasteiger partial charge on any atom is -0.378 e. The number of halogens is 3. The van der Waals surface area contributed by atoms with Crippen molar-refractivity contribution in [3.8, 4) is 0 Å². The number of hydrogen-bond donors (Lipinski definition) is 0. The van der Waals surface area contributed by atoms with Crippen molar-refractivity contribution in [3.63, 3.8) is 0 Å². The lowest BCUT2D eigenvalue weighted by atomic mass is 9.96. The highest BCUT2D eigenvalue weighted by Crippen LogP contribution is 2.31. The van der Waals surface area contributed by atoms with E-state index in [4.69, 9.17) is 4.74 Å². The maximum atomic E-state index is 12.6. The van der Waals surface area contributed by atoms with Crippen LogP contribution in [-0.4, -0.2) is 18.5 Å². The van der Waals surface area contributed by atoms with E-state index in [0.29, 0.717) is 17.7 Å². The van der Waals surface area contributed by atoms with E-state index in [9.17, 15) is 18.0 Å². The lowest BCUT2D eigenvalue weighted by molar-refractivity contribution is -0.137. The van der Waals surface area contributed by atoms with Crippen LogP contribution < -0.4 is 0 Å². The fourth-order valence-corrected chi connectivity index (χ4v) is 2.44. The summed E-state index contributed by atoms with van der Waals surface area (Å²) in [7, 11) is 0. The topological polar surface area (TPSA) is 26.3 Å². The van der Waals surface area contributed by atoms with Gasteiger partial charge in [-0.25, -0.2) is 0 Å². The van der Waals surface area contributed by atoms with Crippen molar-refractivity contribution in [2.45, 2.75) is 44.9 Å². The highest BCUT2D eigenvalue weighted by atomic mass is 19.4. The van der Waals surface area contributed by atoms with Crippen molar-refractivity contribution in [2.75, 3.05) is 6.61 Å². The number of benzene rings is 1. The van der Waals surface area contributed by atoms with Crippen molar-refractivity contribution >= 4 is 5.78 Å². The largest absolute Gasteiger partial charge is 0.416 e. The number of ether oxygens (including phenoxy) is 1. The first-order valence-electron chi connectivity index (χ1n) is 6.70. The summed E-state index contributed by atoms with van der Waals surface area (Å²) in [4.78, 5) is 12.1. The lowest BCUT2D eigenvalue weighted by Crippen LogP contribution is -2.22. The molecule has 2 nitrogen and oxygen atoms in total. The first kappa shape index (κ1) is 15.0. The lowest BCUT2D eigenvalue weighted by Gasteiger charge is -2.22. The molecule has 0 bridgehead atoms. The molecule has 20 heavy (non-hydrogen) atoms. The first-order chi connectivity index (χ1) is 9.38. The van der Waals surface area contributed by atoms with Crippen molar-refractivity contribution in [2.24, 2.45) is 0 Å². The molecule has 0 N–H and O–H groups in total. The van der Waals surface area contributed by atoms with Crippen LogP contribution in [0.5, 0.6) is 0 Å². The van der Waals surface area contributed by atoms with Gasteiger partial charge < -0.3 is 4.74 Å². The Bertz CT molecular complexity index is 488. The second-order valence-electron chi connectivity index (χ2n) is 5.14. The molecule has 1 aliphatic rings. The van der Waals surface area contributed by atoms with Gasteiger partial charge in [-0.3, -0.25) is 4.79 Å². The van der Waals surface area contributed by atoms with Gasteiger partial charge in [0, 0.05) is 18.6 Å². The van der Waals surface area contributed by atoms with E-state index in [1.54, 1.807) is 0 Å². The molecular weight excluding hydrogens is 269 g/mol. The number of rotatable bonds is 3. The van der Waals surface area contributed by atoms with Gasteiger partial charge in [0.15, 0.2) is 5.78 Å². The average molecular weight is 286 g/mol. The average Bonchev–Trinajstić information content (AvgIpc) is 2.38. The van der Waals surface area contributed by atoms with Crippen molar-refractivity contribution < 1.29 is 22.7 Å². The van der Waals surface area contributed by atoms with Crippen LogP contribution in [-0.2, 0) is 10.9 Å². The summed E-state index contributed by atoms with van der Waals surface area (Å²) in [6.07, 6.45) is -1.36. The molecule has 1 atom stereocenters. The van der Waals surface area contributed by atoms with Gasteiger partial charge in [-0.1, -0.05) is 6.07 Å². The molecule has 1 heterocycles. The van der Waals surface area contributed by atoms with Crippen LogP contribution in [0.3, 0.4) is 0 Å². The van der Waals surface area contributed by atoms with Crippen molar-refractivity contribution in [1.29, 1.82) is 0 Å². The van der Waals surface area contributed by atoms with Crippen LogP contribution in [0, 0.1) is 6.92 Å². The molecule has 0 saturated carbocycles. The summed E-state index contributed by atoms with van der Waals surface area (Å²) < 4.78 is 43.2. The molecule has 0 aromatic heterocycles. The summed E-state index contributed by atoms with van der Waals surface area (Å²) >= 11 is 0. The van der Waals surface area contributed by atoms with Crippen LogP contribution in [0.2, 0.25) is 0 Å². The number of aryl methyl sites for hydroxylation is 1. The highest BCUT2D eigenvalue weighted by molar-refractivity contribution is 5.97. The van der Waals surface area contributed by atoms with Gasteiger partial charge in [-0.15, -0.1) is 0 Å². The van der Waals surface area contributed by atoms with Crippen LogP contribution >= 0.6 is 0 Å². The molecule has 1 aromatic rings. The van der Waals surface area contributed by atoms with E-state index in [-0.39, 0.29) is 18.3 Å². The summed E-state index contributed by atoms with van der Waals surface area (Å²) in [5.41, 5.74) is -0.00623. The Morgan fingerprint density at radius 3 is 2.65 bits per heavy atom. The molecule has 0 aliphatic carbocycles. The van der Waals surface area contributed by atoms with Crippen LogP contribution in [0.1, 0.15) is 47.2 Å². The van der Waals surface area contributed by atoms with Gasteiger partial charge in [0.2, 0.25) is 0 Å². The predicted octanol–water partition coefficient (Wildman–Crippen LogP) is 4.16. The van der Waals surface area contributed by atoms with Crippen LogP contribution in [0.4, 0.5) is 13.2 Å². The summed E-state index contributed by atoms with van der Waals surface area (Å²) in [5.74, 6) is -0.150. The molecule has 1 saturated heterocycles. The standard InChI is InChI=1S/C15H17F3O2/c1-10-8-11(15(16,17)18)5-6-13(10)14(19)9-12-4-2-3-7-20-12/h5-6,8,12H,2-4,7,9H2,1H3. The second-order valence-corrected chi connectivity index (χ2v) is 5.14. The quantitative estimate of drug-likeness (QED) is 0.780. The summed E-state index contributed by atoms with van der Waals surface area (Å²) in [6, 6.07) is 3.25. The molecule has 1 aliphatic heterocycles. The fourth-order valence-electron chi connectivity index (χ4n) is 2.44. The smallest absolute Gasteiger partial charge is 0.378 e. The molecular formula is C15H17F3O2. The Balaban J connectivity index is 2.10. The number of carbonyl (C=O) groups is 1. The molecule has 0 spiro atoms. The minimum atomic E-state index is -4.38. The molecule has 1 unspecified atom stereocenters. The van der Waals surface area contributed by atoms with Gasteiger partial charge in [-0.05, 0) is 43.9 Å². The van der Waals surface area contributed by atoms with E-state index in [1.165, 1.54) is 13.0 Å². The van der Waals surface area contributed by atoms with Gasteiger partial charge in [0.05, 0.1) is 11.7 Å². The first-order valence-corrected chi connectivity index (χ1v) is 6.70. The SMILES string of the molecule is Cc1cc(C(F)(F)F)ccc1C(=O)CC1CCCCO1. The van der Waals surface area contributed by atoms with Crippen LogP contribution in [0.15, 0.2) is 18.2 Å². The number of Topliss-reactive ketones (excluding diaryl/α,β-unsaturated/α-hetero) is 1. The molecule has 1 fully saturated rings. The Morgan fingerprint density at radius 2 is 2.10 bits per heavy atom. The number of ketones is 1. The molecule has 110 valence electrons. The van der Waals surface area contributed by atoms with Gasteiger partial charge in [0.1, 0.15) is 0 Å². The number of alkyl halides is 3. The van der Waals surface area contributed by atoms with Gasteiger partial charge >= 0.3 is 6.18 Å². The Morgan fingerprint density at radius 1 is 1.35 bits per heavy atom. The molecule has 5 heteroatoms. The number of hydrogen-bond acceptors (Lipinski definition) is 2. The zero-order valence-electron chi connectivity index (χ0n) is 11.3. The zero-order valence-corrected chi connectivity index (χ0v) is 11.3. The zero-order chi connectivity index (χ0) is 14.8. The third kappa shape index (κ3) is 3.60. The van der Waals surface area contributed by atoms with E-state index < -0.39 is 11.7 Å². The van der Waals surface area contributed by atoms with E-state index in [1.807, 2.05) is 0 Å². The fraction of sp³-hybridized carbons (Fsp3) is 0.533. The van der Waals surface area contributed by atoms with E-state index in [0.717, 1.165) is 31.4 Å². The molecule has 0 amide bonds. The van der Waals surface area contributed by atoms with Gasteiger partial charge in [0.25, 0.3) is 0 Å².